The summed E-state index contributed by atoms with van der Waals surface area (Å²) in [4.78, 5) is 36.0. The van der Waals surface area contributed by atoms with Crippen LogP contribution in [0.5, 0.6) is 11.5 Å². The minimum atomic E-state index is -0.743. The highest BCUT2D eigenvalue weighted by atomic mass is 79.9. The van der Waals surface area contributed by atoms with Crippen molar-refractivity contribution in [2.45, 2.75) is 0 Å². The van der Waals surface area contributed by atoms with E-state index in [0.29, 0.717) is 34.9 Å². The van der Waals surface area contributed by atoms with Crippen LogP contribution in [0.3, 0.4) is 0 Å². The van der Waals surface area contributed by atoms with Crippen LogP contribution in [0.15, 0.2) is 40.9 Å². The van der Waals surface area contributed by atoms with Gasteiger partial charge in [0.15, 0.2) is 11.5 Å². The fourth-order valence-corrected chi connectivity index (χ4v) is 2.80. The number of urea groups is 1. The summed E-state index contributed by atoms with van der Waals surface area (Å²) in [5.74, 6) is -0.162. The molecule has 0 saturated heterocycles. The Bertz CT molecular complexity index is 915. The number of esters is 1. The maximum absolute atomic E-state index is 12.3. The van der Waals surface area contributed by atoms with Gasteiger partial charge in [0, 0.05) is 15.7 Å². The molecular formula is C18H15BrN2O6. The Hall–Kier alpha value is -3.07. The smallest absolute Gasteiger partial charge is 0.339 e. The summed E-state index contributed by atoms with van der Waals surface area (Å²) >= 11 is 3.23. The van der Waals surface area contributed by atoms with E-state index in [1.807, 2.05) is 0 Å². The highest BCUT2D eigenvalue weighted by molar-refractivity contribution is 9.10. The molecule has 0 bridgehead atoms. The Morgan fingerprint density at radius 1 is 1.04 bits per heavy atom. The summed E-state index contributed by atoms with van der Waals surface area (Å²) in [7, 11) is 1.26. The van der Waals surface area contributed by atoms with Gasteiger partial charge in [-0.15, -0.1) is 0 Å². The molecule has 1 heterocycles. The topological polar surface area (TPSA) is 103 Å². The van der Waals surface area contributed by atoms with Crippen molar-refractivity contribution in [3.8, 4) is 11.5 Å². The van der Waals surface area contributed by atoms with E-state index in [2.05, 4.69) is 31.3 Å². The average molecular weight is 435 g/mol. The lowest BCUT2D eigenvalue weighted by molar-refractivity contribution is 0.0599. The molecule has 1 aliphatic heterocycles. The van der Waals surface area contributed by atoms with Gasteiger partial charge >= 0.3 is 12.0 Å². The predicted octanol–water partition coefficient (Wildman–Crippen LogP) is 2.97. The molecule has 3 rings (SSSR count). The van der Waals surface area contributed by atoms with Crippen molar-refractivity contribution >= 4 is 39.5 Å². The lowest BCUT2D eigenvalue weighted by Gasteiger charge is -2.18. The fourth-order valence-electron chi connectivity index (χ4n) is 2.39. The van der Waals surface area contributed by atoms with E-state index in [9.17, 15) is 14.4 Å². The molecule has 2 aromatic carbocycles. The average Bonchev–Trinajstić information content (AvgIpc) is 2.68. The predicted molar refractivity (Wildman–Crippen MR) is 99.4 cm³/mol. The van der Waals surface area contributed by atoms with Crippen molar-refractivity contribution in [2.75, 3.05) is 25.6 Å². The number of ether oxygens (including phenoxy) is 3. The van der Waals surface area contributed by atoms with E-state index in [1.54, 1.807) is 18.2 Å². The van der Waals surface area contributed by atoms with Crippen LogP contribution in [0.25, 0.3) is 0 Å². The second-order valence-corrected chi connectivity index (χ2v) is 6.31. The fraction of sp³-hybridized carbons (Fsp3) is 0.167. The minimum Gasteiger partial charge on any atom is -0.486 e. The Kier molecular flexibility index (Phi) is 5.60. The van der Waals surface area contributed by atoms with Gasteiger partial charge in [-0.1, -0.05) is 0 Å². The number of carbonyl (C=O) groups excluding carboxylic acids is 3. The molecule has 8 nitrogen and oxygen atoms in total. The number of nitrogens with one attached hydrogen (secondary N) is 2. The standard InChI is InChI=1S/C18H15BrN2O6/c1-25-17(23)12-9-11(3-4-13(12)19)20-18(24)21-16(22)10-2-5-14-15(8-10)27-7-6-26-14/h2-5,8-9H,6-7H2,1H3,(H2,20,21,22,24). The van der Waals surface area contributed by atoms with E-state index >= 15 is 0 Å². The van der Waals surface area contributed by atoms with Crippen molar-refractivity contribution in [1.29, 1.82) is 0 Å². The number of hydrogen-bond acceptors (Lipinski definition) is 6. The van der Waals surface area contributed by atoms with Gasteiger partial charge in [0.1, 0.15) is 13.2 Å². The van der Waals surface area contributed by atoms with Crippen molar-refractivity contribution in [2.24, 2.45) is 0 Å². The quantitative estimate of drug-likeness (QED) is 0.719. The van der Waals surface area contributed by atoms with Gasteiger partial charge in [-0.3, -0.25) is 10.1 Å². The Morgan fingerprint density at radius 2 is 1.78 bits per heavy atom. The zero-order chi connectivity index (χ0) is 19.4. The number of hydrogen-bond donors (Lipinski definition) is 2. The van der Waals surface area contributed by atoms with Crippen LogP contribution in [0.1, 0.15) is 20.7 Å². The van der Waals surface area contributed by atoms with Gasteiger partial charge in [0.25, 0.3) is 5.91 Å². The molecule has 2 aromatic rings. The zero-order valence-electron chi connectivity index (χ0n) is 14.2. The van der Waals surface area contributed by atoms with Crippen LogP contribution in [0, 0.1) is 0 Å². The second kappa shape index (κ2) is 8.09. The summed E-state index contributed by atoms with van der Waals surface area (Å²) in [5.41, 5.74) is 0.819. The Labute approximate surface area is 162 Å². The van der Waals surface area contributed by atoms with Crippen molar-refractivity contribution < 1.29 is 28.6 Å². The molecule has 0 radical (unpaired) electrons. The number of halogens is 1. The lowest BCUT2D eigenvalue weighted by Crippen LogP contribution is -2.34. The molecule has 9 heteroatoms. The highest BCUT2D eigenvalue weighted by Crippen LogP contribution is 2.30. The maximum Gasteiger partial charge on any atom is 0.339 e. The third kappa shape index (κ3) is 4.37. The number of rotatable bonds is 3. The first-order valence-electron chi connectivity index (χ1n) is 7.88. The van der Waals surface area contributed by atoms with Crippen LogP contribution in [0.4, 0.5) is 10.5 Å². The van der Waals surface area contributed by atoms with Crippen LogP contribution in [-0.2, 0) is 4.74 Å². The number of methoxy groups -OCH3 is 1. The number of anilines is 1. The van der Waals surface area contributed by atoms with Gasteiger partial charge in [-0.25, -0.2) is 9.59 Å². The molecule has 0 saturated carbocycles. The van der Waals surface area contributed by atoms with E-state index in [-0.39, 0.29) is 11.1 Å². The van der Waals surface area contributed by atoms with E-state index in [1.165, 1.54) is 25.3 Å². The van der Waals surface area contributed by atoms with Crippen molar-refractivity contribution in [1.82, 2.24) is 5.32 Å². The van der Waals surface area contributed by atoms with E-state index in [0.717, 1.165) is 0 Å². The van der Waals surface area contributed by atoms with Crippen LogP contribution in [-0.4, -0.2) is 38.2 Å². The largest absolute Gasteiger partial charge is 0.486 e. The van der Waals surface area contributed by atoms with Gasteiger partial charge < -0.3 is 19.5 Å². The summed E-state index contributed by atoms with van der Waals surface area (Å²) in [6, 6.07) is 8.50. The maximum atomic E-state index is 12.3. The van der Waals surface area contributed by atoms with Gasteiger partial charge in [-0.2, -0.15) is 0 Å². The first-order chi connectivity index (χ1) is 13.0. The minimum absolute atomic E-state index is 0.244. The zero-order valence-corrected chi connectivity index (χ0v) is 15.8. The summed E-state index contributed by atoms with van der Waals surface area (Å²) in [5, 5.41) is 4.71. The van der Waals surface area contributed by atoms with Gasteiger partial charge in [0.2, 0.25) is 0 Å². The number of fused-ring (bicyclic) bond motifs is 1. The SMILES string of the molecule is COC(=O)c1cc(NC(=O)NC(=O)c2ccc3c(c2)OCCO3)ccc1Br. The normalized spacial score (nSPS) is 12.1. The summed E-state index contributed by atoms with van der Waals surface area (Å²) in [6.45, 7) is 0.840. The van der Waals surface area contributed by atoms with E-state index < -0.39 is 17.9 Å². The third-order valence-electron chi connectivity index (χ3n) is 3.66. The molecule has 0 unspecified atom stereocenters. The molecular weight excluding hydrogens is 420 g/mol. The first-order valence-corrected chi connectivity index (χ1v) is 8.67. The second-order valence-electron chi connectivity index (χ2n) is 5.45. The third-order valence-corrected chi connectivity index (χ3v) is 4.35. The highest BCUT2D eigenvalue weighted by Gasteiger charge is 2.17. The number of carbonyl (C=O) groups is 3. The molecule has 2 N–H and O–H groups in total. The van der Waals surface area contributed by atoms with Crippen LogP contribution in [0.2, 0.25) is 0 Å². The molecule has 0 spiro atoms. The van der Waals surface area contributed by atoms with E-state index in [4.69, 9.17) is 9.47 Å². The molecule has 140 valence electrons. The van der Waals surface area contributed by atoms with Gasteiger partial charge in [-0.05, 0) is 52.3 Å². The van der Waals surface area contributed by atoms with Crippen LogP contribution < -0.4 is 20.1 Å². The summed E-state index contributed by atoms with van der Waals surface area (Å²) in [6.07, 6.45) is 0. The first kappa shape index (κ1) is 18.7. The van der Waals surface area contributed by atoms with Crippen molar-refractivity contribution in [3.05, 3.63) is 52.0 Å². The number of benzene rings is 2. The Balaban J connectivity index is 1.67. The van der Waals surface area contributed by atoms with Crippen molar-refractivity contribution in [3.63, 3.8) is 0 Å². The van der Waals surface area contributed by atoms with Crippen LogP contribution >= 0.6 is 15.9 Å². The summed E-state index contributed by atoms with van der Waals surface area (Å²) < 4.78 is 16.0. The lowest BCUT2D eigenvalue weighted by atomic mass is 10.2. The molecule has 0 fully saturated rings. The molecule has 3 amide bonds. The number of amides is 3. The molecule has 1 aliphatic rings. The molecule has 0 atom stereocenters. The monoisotopic (exact) mass is 434 g/mol. The molecule has 0 aromatic heterocycles. The number of imide groups is 1. The molecule has 27 heavy (non-hydrogen) atoms. The van der Waals surface area contributed by atoms with Gasteiger partial charge in [0.05, 0.1) is 12.7 Å². The Morgan fingerprint density at radius 3 is 2.52 bits per heavy atom. The molecule has 0 aliphatic carbocycles.